The third-order valence-corrected chi connectivity index (χ3v) is 10.1. The molecule has 234 valence electrons. The van der Waals surface area contributed by atoms with E-state index in [0.29, 0.717) is 22.9 Å². The number of aryl methyl sites for hydroxylation is 1. The van der Waals surface area contributed by atoms with Gasteiger partial charge in [0.15, 0.2) is 17.5 Å². The molecule has 6 rings (SSSR count). The molecule has 1 saturated carbocycles. The Morgan fingerprint density at radius 3 is 2.42 bits per heavy atom. The van der Waals surface area contributed by atoms with Crippen molar-refractivity contribution in [1.29, 1.82) is 5.26 Å². The fraction of sp³-hybridized carbons (Fsp3) is 0.344. The van der Waals surface area contributed by atoms with Gasteiger partial charge < -0.3 is 15.5 Å². The zero-order chi connectivity index (χ0) is 31.9. The molecule has 2 aliphatic rings. The van der Waals surface area contributed by atoms with Gasteiger partial charge in [0.25, 0.3) is 10.0 Å². The summed E-state index contributed by atoms with van der Waals surface area (Å²) in [6.07, 6.45) is 5.78. The Labute approximate surface area is 258 Å². The van der Waals surface area contributed by atoms with Gasteiger partial charge in [-0.05, 0) is 69.7 Å². The Morgan fingerprint density at radius 2 is 1.71 bits per heavy atom. The summed E-state index contributed by atoms with van der Waals surface area (Å²) in [7, 11) is -4.37. The number of hydrogen-bond donors (Lipinski definition) is 2. The highest BCUT2D eigenvalue weighted by Crippen LogP contribution is 2.37. The molecule has 2 aromatic carbocycles. The number of anilines is 1. The van der Waals surface area contributed by atoms with Crippen molar-refractivity contribution in [1.82, 2.24) is 19.2 Å². The number of urea groups is 1. The summed E-state index contributed by atoms with van der Waals surface area (Å²) in [5.41, 5.74) is -0.0518. The molecular weight excluding hydrogens is 605 g/mol. The maximum atomic E-state index is 15.3. The highest BCUT2D eigenvalue weighted by atomic mass is 32.2. The SMILES string of the molecule is Cc1ccc(S(=O)(=O)n2cc(-c3nc(N[C@@H]4CCC[C@H](NC(=O)N5CCCC5)C4)c(F)cc3C#N)c3cc(F)cc(F)c32)cc1. The van der Waals surface area contributed by atoms with Gasteiger partial charge in [-0.15, -0.1) is 0 Å². The lowest BCUT2D eigenvalue weighted by Crippen LogP contribution is -2.47. The summed E-state index contributed by atoms with van der Waals surface area (Å²) in [5.74, 6) is -3.10. The number of nitriles is 1. The highest BCUT2D eigenvalue weighted by Gasteiger charge is 2.29. The minimum atomic E-state index is -4.37. The number of amides is 2. The van der Waals surface area contributed by atoms with Crippen LogP contribution in [0.1, 0.15) is 49.7 Å². The van der Waals surface area contributed by atoms with Crippen molar-refractivity contribution in [2.45, 2.75) is 62.4 Å². The van der Waals surface area contributed by atoms with Crippen molar-refractivity contribution in [2.75, 3.05) is 18.4 Å². The predicted octanol–water partition coefficient (Wildman–Crippen LogP) is 6.07. The van der Waals surface area contributed by atoms with Gasteiger partial charge in [0.2, 0.25) is 0 Å². The Kier molecular flexibility index (Phi) is 8.18. The van der Waals surface area contributed by atoms with E-state index in [9.17, 15) is 22.9 Å². The van der Waals surface area contributed by atoms with Gasteiger partial charge in [0.1, 0.15) is 17.4 Å². The van der Waals surface area contributed by atoms with Crippen LogP contribution in [-0.2, 0) is 10.0 Å². The molecule has 1 aliphatic carbocycles. The van der Waals surface area contributed by atoms with Crippen molar-refractivity contribution >= 4 is 32.8 Å². The van der Waals surface area contributed by atoms with Crippen molar-refractivity contribution in [3.8, 4) is 17.3 Å². The first-order valence-corrected chi connectivity index (χ1v) is 16.2. The van der Waals surface area contributed by atoms with Crippen molar-refractivity contribution in [3.63, 3.8) is 0 Å². The number of carbonyl (C=O) groups excluding carboxylic acids is 1. The Balaban J connectivity index is 1.37. The molecule has 13 heteroatoms. The first-order chi connectivity index (χ1) is 21.5. The van der Waals surface area contributed by atoms with Gasteiger partial charge in [-0.2, -0.15) is 5.26 Å². The molecule has 2 aromatic heterocycles. The van der Waals surface area contributed by atoms with Gasteiger partial charge >= 0.3 is 6.03 Å². The predicted molar refractivity (Wildman–Crippen MR) is 163 cm³/mol. The van der Waals surface area contributed by atoms with Crippen LogP contribution in [0.25, 0.3) is 22.2 Å². The van der Waals surface area contributed by atoms with E-state index in [1.54, 1.807) is 24.0 Å². The number of carbonyl (C=O) groups is 1. The number of fused-ring (bicyclic) bond motifs is 1. The molecule has 2 N–H and O–H groups in total. The number of rotatable bonds is 6. The van der Waals surface area contributed by atoms with Crippen LogP contribution in [0, 0.1) is 35.7 Å². The number of benzene rings is 2. The lowest BCUT2D eigenvalue weighted by molar-refractivity contribution is 0.199. The van der Waals surface area contributed by atoms with E-state index in [1.165, 1.54) is 12.1 Å². The van der Waals surface area contributed by atoms with Crippen LogP contribution < -0.4 is 10.6 Å². The topological polar surface area (TPSA) is 120 Å². The molecule has 2 atom stereocenters. The van der Waals surface area contributed by atoms with Crippen LogP contribution in [0.15, 0.2) is 53.6 Å². The average molecular weight is 637 g/mol. The standard InChI is InChI=1S/C32H31F3N6O3S/c1-19-7-9-24(10-8-19)45(43,44)41-18-26(25-14-21(33)15-27(34)30(25)41)29-20(17-36)13-28(35)31(39-29)37-22-5-4-6-23(16-22)38-32(42)40-11-2-3-12-40/h7-10,13-15,18,22-23H,2-6,11-12,16H2,1H3,(H,37,39)(H,38,42)/t22-,23+/m1/s1. The van der Waals surface area contributed by atoms with E-state index in [4.69, 9.17) is 0 Å². The lowest BCUT2D eigenvalue weighted by atomic mass is 9.91. The van der Waals surface area contributed by atoms with E-state index in [0.717, 1.165) is 62.7 Å². The third-order valence-electron chi connectivity index (χ3n) is 8.45. The zero-order valence-electron chi connectivity index (χ0n) is 24.5. The number of nitrogens with one attached hydrogen (secondary N) is 2. The molecule has 0 spiro atoms. The van der Waals surface area contributed by atoms with Gasteiger partial charge in [-0.25, -0.2) is 35.3 Å². The Bertz CT molecular complexity index is 1930. The molecule has 2 amide bonds. The zero-order valence-corrected chi connectivity index (χ0v) is 25.3. The monoisotopic (exact) mass is 636 g/mol. The van der Waals surface area contributed by atoms with Crippen LogP contribution in [0.2, 0.25) is 0 Å². The van der Waals surface area contributed by atoms with Gasteiger partial charge in [-0.1, -0.05) is 17.7 Å². The number of halogens is 3. The van der Waals surface area contributed by atoms with E-state index in [-0.39, 0.29) is 51.0 Å². The van der Waals surface area contributed by atoms with Gasteiger partial charge in [0.05, 0.1) is 16.2 Å². The van der Waals surface area contributed by atoms with Crippen LogP contribution >= 0.6 is 0 Å². The van der Waals surface area contributed by atoms with E-state index in [2.05, 4.69) is 15.6 Å². The summed E-state index contributed by atoms with van der Waals surface area (Å²) < 4.78 is 73.2. The van der Waals surface area contributed by atoms with Crippen molar-refractivity contribution in [2.24, 2.45) is 0 Å². The van der Waals surface area contributed by atoms with Crippen molar-refractivity contribution in [3.05, 3.63) is 77.2 Å². The highest BCUT2D eigenvalue weighted by molar-refractivity contribution is 7.90. The first kappa shape index (κ1) is 30.5. The minimum absolute atomic E-state index is 0.0573. The first-order valence-electron chi connectivity index (χ1n) is 14.8. The Morgan fingerprint density at radius 1 is 1.00 bits per heavy atom. The summed E-state index contributed by atoms with van der Waals surface area (Å²) in [4.78, 5) is 18.7. The van der Waals surface area contributed by atoms with Gasteiger partial charge in [0, 0.05) is 48.4 Å². The summed E-state index contributed by atoms with van der Waals surface area (Å²) in [5, 5.41) is 15.9. The maximum Gasteiger partial charge on any atom is 0.317 e. The molecule has 1 aliphatic heterocycles. The molecule has 0 unspecified atom stereocenters. The largest absolute Gasteiger partial charge is 0.365 e. The molecule has 3 heterocycles. The normalized spacial score (nSPS) is 18.6. The lowest BCUT2D eigenvalue weighted by Gasteiger charge is -2.32. The minimum Gasteiger partial charge on any atom is -0.365 e. The number of pyridine rings is 1. The summed E-state index contributed by atoms with van der Waals surface area (Å²) in [6.45, 7) is 3.23. The van der Waals surface area contributed by atoms with Crippen LogP contribution in [0.5, 0.6) is 0 Å². The second-order valence-corrected chi connectivity index (χ2v) is 13.4. The molecule has 0 radical (unpaired) electrons. The molecule has 45 heavy (non-hydrogen) atoms. The molecule has 9 nitrogen and oxygen atoms in total. The van der Waals surface area contributed by atoms with E-state index >= 15 is 8.78 Å². The summed E-state index contributed by atoms with van der Waals surface area (Å²) in [6, 6.07) is 9.82. The number of aromatic nitrogens is 2. The molecule has 0 bridgehead atoms. The third kappa shape index (κ3) is 5.94. The molecule has 2 fully saturated rings. The number of likely N-dealkylation sites (tertiary alicyclic amines) is 1. The van der Waals surface area contributed by atoms with Crippen LogP contribution in [0.3, 0.4) is 0 Å². The molecule has 4 aromatic rings. The average Bonchev–Trinajstić information content (AvgIpc) is 3.68. The fourth-order valence-electron chi connectivity index (χ4n) is 6.16. The fourth-order valence-corrected chi connectivity index (χ4v) is 7.54. The molecular formula is C32H31F3N6O3S. The molecule has 1 saturated heterocycles. The second kappa shape index (κ2) is 12.1. The second-order valence-electron chi connectivity index (χ2n) is 11.6. The summed E-state index contributed by atoms with van der Waals surface area (Å²) >= 11 is 0. The maximum absolute atomic E-state index is 15.3. The van der Waals surface area contributed by atoms with Crippen molar-refractivity contribution < 1.29 is 26.4 Å². The quantitative estimate of drug-likeness (QED) is 0.265. The van der Waals surface area contributed by atoms with Crippen LogP contribution in [-0.4, -0.2) is 53.5 Å². The van der Waals surface area contributed by atoms with Crippen LogP contribution in [0.4, 0.5) is 23.8 Å². The Hall–Kier alpha value is -4.57. The van der Waals surface area contributed by atoms with Gasteiger partial charge in [-0.3, -0.25) is 0 Å². The number of hydrogen-bond acceptors (Lipinski definition) is 6. The van der Waals surface area contributed by atoms with E-state index in [1.807, 2.05) is 6.07 Å². The smallest absolute Gasteiger partial charge is 0.317 e. The number of nitrogens with zero attached hydrogens (tertiary/aromatic N) is 4. The van der Waals surface area contributed by atoms with E-state index < -0.39 is 33.0 Å².